The number of hydrogen-bond donors (Lipinski definition) is 0. The molecule has 0 aromatic carbocycles. The molecule has 0 saturated carbocycles. The lowest BCUT2D eigenvalue weighted by molar-refractivity contribution is 0.0735. The first kappa shape index (κ1) is 13.6. The van der Waals surface area contributed by atoms with Crippen LogP contribution in [0.4, 0.5) is 0 Å². The minimum Gasteiger partial charge on any atom is -0.322 e. The van der Waals surface area contributed by atoms with E-state index in [-0.39, 0.29) is 18.5 Å². The molecule has 0 saturated heterocycles. The molecule has 5 nitrogen and oxygen atoms in total. The summed E-state index contributed by atoms with van der Waals surface area (Å²) in [6.45, 7) is 5.91. The summed E-state index contributed by atoms with van der Waals surface area (Å²) >= 11 is 1.11. The Hall–Kier alpha value is -1.48. The van der Waals surface area contributed by atoms with Crippen LogP contribution < -0.4 is 0 Å². The number of nitriles is 1. The third kappa shape index (κ3) is 3.24. The van der Waals surface area contributed by atoms with Crippen LogP contribution >= 0.6 is 11.5 Å². The second kappa shape index (κ2) is 6.30. The Morgan fingerprint density at radius 2 is 2.29 bits per heavy atom. The molecule has 17 heavy (non-hydrogen) atoms. The molecule has 1 aromatic heterocycles. The van der Waals surface area contributed by atoms with Gasteiger partial charge in [-0.25, -0.2) is 0 Å². The first-order valence-electron chi connectivity index (χ1n) is 5.60. The summed E-state index contributed by atoms with van der Waals surface area (Å²) in [5.41, 5.74) is 0.742. The number of hydrogen-bond acceptors (Lipinski definition) is 5. The highest BCUT2D eigenvalue weighted by Gasteiger charge is 2.23. The highest BCUT2D eigenvalue weighted by Crippen LogP contribution is 2.16. The SMILES string of the molecule is CCCc1nnsc1C(=O)N(CC#N)C(C)C. The van der Waals surface area contributed by atoms with Gasteiger partial charge in [-0.15, -0.1) is 5.10 Å². The molecule has 0 atom stereocenters. The van der Waals surface area contributed by atoms with E-state index >= 15 is 0 Å². The van der Waals surface area contributed by atoms with Gasteiger partial charge in [-0.05, 0) is 31.8 Å². The maximum absolute atomic E-state index is 12.2. The Kier molecular flexibility index (Phi) is 5.04. The summed E-state index contributed by atoms with van der Waals surface area (Å²) in [6.07, 6.45) is 1.67. The van der Waals surface area contributed by atoms with Gasteiger partial charge in [-0.1, -0.05) is 17.8 Å². The fourth-order valence-corrected chi connectivity index (χ4v) is 2.13. The molecule has 0 fully saturated rings. The van der Waals surface area contributed by atoms with Gasteiger partial charge in [0.25, 0.3) is 5.91 Å². The van der Waals surface area contributed by atoms with Crippen LogP contribution in [0.25, 0.3) is 0 Å². The predicted octanol–water partition coefficient (Wildman–Crippen LogP) is 1.86. The van der Waals surface area contributed by atoms with Crippen molar-refractivity contribution in [1.82, 2.24) is 14.5 Å². The summed E-state index contributed by atoms with van der Waals surface area (Å²) in [4.78, 5) is 14.3. The molecule has 0 unspecified atom stereocenters. The Balaban J connectivity index is 2.93. The molecule has 0 bridgehead atoms. The molecule has 0 N–H and O–H groups in total. The van der Waals surface area contributed by atoms with Gasteiger partial charge in [-0.3, -0.25) is 4.79 Å². The smallest absolute Gasteiger partial charge is 0.268 e. The molecule has 1 aromatic rings. The van der Waals surface area contributed by atoms with E-state index in [0.29, 0.717) is 4.88 Å². The normalized spacial score (nSPS) is 10.3. The van der Waals surface area contributed by atoms with E-state index < -0.39 is 0 Å². The van der Waals surface area contributed by atoms with E-state index in [2.05, 4.69) is 9.59 Å². The van der Waals surface area contributed by atoms with Gasteiger partial charge in [0.15, 0.2) is 0 Å². The second-order valence-corrected chi connectivity index (χ2v) is 4.74. The third-order valence-electron chi connectivity index (χ3n) is 2.36. The molecule has 0 aliphatic carbocycles. The average Bonchev–Trinajstić information content (AvgIpc) is 2.73. The van der Waals surface area contributed by atoms with E-state index in [9.17, 15) is 4.79 Å². The van der Waals surface area contributed by atoms with Gasteiger partial charge in [0.1, 0.15) is 11.4 Å². The number of aryl methyl sites for hydroxylation is 1. The number of aromatic nitrogens is 2. The average molecular weight is 252 g/mol. The number of carbonyl (C=O) groups is 1. The maximum atomic E-state index is 12.2. The molecule has 1 rings (SSSR count). The largest absolute Gasteiger partial charge is 0.322 e. The highest BCUT2D eigenvalue weighted by molar-refractivity contribution is 7.08. The number of nitrogens with zero attached hydrogens (tertiary/aromatic N) is 4. The van der Waals surface area contributed by atoms with Crippen molar-refractivity contribution in [2.24, 2.45) is 0 Å². The lowest BCUT2D eigenvalue weighted by Crippen LogP contribution is -2.37. The lowest BCUT2D eigenvalue weighted by Gasteiger charge is -2.23. The summed E-state index contributed by atoms with van der Waals surface area (Å²) in [7, 11) is 0. The standard InChI is InChI=1S/C11H16N4OS/c1-4-5-9-10(17-14-13-9)11(16)15(7-6-12)8(2)3/h8H,4-5,7H2,1-3H3. The summed E-state index contributed by atoms with van der Waals surface area (Å²) in [6, 6.07) is 2.01. The van der Waals surface area contributed by atoms with Crippen molar-refractivity contribution in [2.45, 2.75) is 39.7 Å². The molecule has 6 heteroatoms. The number of carbonyl (C=O) groups excluding carboxylic acids is 1. The summed E-state index contributed by atoms with van der Waals surface area (Å²) in [5, 5.41) is 12.7. The van der Waals surface area contributed by atoms with Crippen molar-refractivity contribution in [1.29, 1.82) is 5.26 Å². The van der Waals surface area contributed by atoms with Crippen molar-refractivity contribution in [2.75, 3.05) is 6.54 Å². The third-order valence-corrected chi connectivity index (χ3v) is 3.12. The Morgan fingerprint density at radius 1 is 1.59 bits per heavy atom. The number of amides is 1. The van der Waals surface area contributed by atoms with Crippen LogP contribution in [0.3, 0.4) is 0 Å². The van der Waals surface area contributed by atoms with Crippen molar-refractivity contribution in [3.05, 3.63) is 10.6 Å². The minimum absolute atomic E-state index is 0.00118. The second-order valence-electron chi connectivity index (χ2n) is 3.98. The van der Waals surface area contributed by atoms with Gasteiger partial charge in [0.05, 0.1) is 11.8 Å². The highest BCUT2D eigenvalue weighted by atomic mass is 32.1. The van der Waals surface area contributed by atoms with Crippen LogP contribution in [0, 0.1) is 11.3 Å². The van der Waals surface area contributed by atoms with Crippen LogP contribution in [0.2, 0.25) is 0 Å². The monoisotopic (exact) mass is 252 g/mol. The molecule has 0 aliphatic heterocycles. The molecular weight excluding hydrogens is 236 g/mol. The molecule has 0 spiro atoms. The van der Waals surface area contributed by atoms with Gasteiger partial charge >= 0.3 is 0 Å². The predicted molar refractivity (Wildman–Crippen MR) is 65.7 cm³/mol. The summed E-state index contributed by atoms with van der Waals surface area (Å²) in [5.74, 6) is -0.139. The molecule has 1 heterocycles. The first-order chi connectivity index (χ1) is 8.11. The lowest BCUT2D eigenvalue weighted by atomic mass is 10.2. The fourth-order valence-electron chi connectivity index (χ4n) is 1.47. The van der Waals surface area contributed by atoms with Crippen molar-refractivity contribution in [3.8, 4) is 6.07 Å². The summed E-state index contributed by atoms with van der Waals surface area (Å²) < 4.78 is 3.82. The zero-order chi connectivity index (χ0) is 12.8. The van der Waals surface area contributed by atoms with Crippen molar-refractivity contribution < 1.29 is 4.79 Å². The maximum Gasteiger partial charge on any atom is 0.268 e. The van der Waals surface area contributed by atoms with Gasteiger partial charge in [0.2, 0.25) is 0 Å². The molecule has 1 amide bonds. The molecule has 0 aliphatic rings. The molecular formula is C11H16N4OS. The minimum atomic E-state index is -0.139. The van der Waals surface area contributed by atoms with Crippen LogP contribution in [0.5, 0.6) is 0 Å². The Morgan fingerprint density at radius 3 is 2.82 bits per heavy atom. The quantitative estimate of drug-likeness (QED) is 0.750. The van der Waals surface area contributed by atoms with E-state index in [1.54, 1.807) is 0 Å². The van der Waals surface area contributed by atoms with Gasteiger partial charge in [0, 0.05) is 6.04 Å². The van der Waals surface area contributed by atoms with Crippen LogP contribution in [-0.4, -0.2) is 33.0 Å². The fraction of sp³-hybridized carbons (Fsp3) is 0.636. The van der Waals surface area contributed by atoms with E-state index in [1.807, 2.05) is 26.8 Å². The topological polar surface area (TPSA) is 69.9 Å². The zero-order valence-corrected chi connectivity index (χ0v) is 11.1. The van der Waals surface area contributed by atoms with E-state index in [0.717, 1.165) is 30.1 Å². The van der Waals surface area contributed by atoms with Gasteiger partial charge < -0.3 is 4.90 Å². The Labute approximate surface area is 105 Å². The zero-order valence-electron chi connectivity index (χ0n) is 10.3. The number of rotatable bonds is 5. The first-order valence-corrected chi connectivity index (χ1v) is 6.38. The molecule has 92 valence electrons. The van der Waals surface area contributed by atoms with E-state index in [4.69, 9.17) is 5.26 Å². The molecule has 0 radical (unpaired) electrons. The van der Waals surface area contributed by atoms with Crippen LogP contribution in [-0.2, 0) is 6.42 Å². The van der Waals surface area contributed by atoms with Crippen molar-refractivity contribution in [3.63, 3.8) is 0 Å². The van der Waals surface area contributed by atoms with Crippen LogP contribution in [0.15, 0.2) is 0 Å². The Bertz CT molecular complexity index is 421. The van der Waals surface area contributed by atoms with E-state index in [1.165, 1.54) is 4.90 Å². The van der Waals surface area contributed by atoms with Gasteiger partial charge in [-0.2, -0.15) is 5.26 Å². The van der Waals surface area contributed by atoms with Crippen LogP contribution in [0.1, 0.15) is 42.6 Å². The van der Waals surface area contributed by atoms with Crippen molar-refractivity contribution >= 4 is 17.4 Å².